The van der Waals surface area contributed by atoms with Gasteiger partial charge in [-0.25, -0.2) is 0 Å². The highest BCUT2D eigenvalue weighted by atomic mass is 15.1. The summed E-state index contributed by atoms with van der Waals surface area (Å²) in [4.78, 5) is 2.24. The lowest BCUT2D eigenvalue weighted by molar-refractivity contribution is 0.402. The van der Waals surface area contributed by atoms with E-state index in [-0.39, 0.29) is 0 Å². The van der Waals surface area contributed by atoms with Gasteiger partial charge in [0.2, 0.25) is 0 Å². The van der Waals surface area contributed by atoms with Crippen LogP contribution in [0.25, 0.3) is 17.1 Å². The van der Waals surface area contributed by atoms with E-state index in [1.54, 1.807) is 0 Å². The maximum atomic E-state index is 2.33. The van der Waals surface area contributed by atoms with E-state index in [2.05, 4.69) is 72.3 Å². The predicted molar refractivity (Wildman–Crippen MR) is 77.5 cm³/mol. The number of aromatic nitrogens is 1. The third-order valence-electron chi connectivity index (χ3n) is 3.40. The molecule has 0 aliphatic carbocycles. The van der Waals surface area contributed by atoms with Crippen molar-refractivity contribution in [3.05, 3.63) is 53.8 Å². The molecular weight excluding hydrogens is 220 g/mol. The van der Waals surface area contributed by atoms with Gasteiger partial charge in [-0.15, -0.1) is 0 Å². The number of fused-ring (bicyclic) bond motifs is 3. The van der Waals surface area contributed by atoms with Crippen LogP contribution in [0, 0.1) is 0 Å². The third-order valence-corrected chi connectivity index (χ3v) is 3.40. The molecule has 2 nitrogen and oxygen atoms in total. The summed E-state index contributed by atoms with van der Waals surface area (Å²) in [5.41, 5.74) is 4.17. The molecule has 0 unspecified atom stereocenters. The summed E-state index contributed by atoms with van der Waals surface area (Å²) in [5, 5.41) is 1.38. The SMILES string of the molecule is CN(C)Cc1c2n(c3ccccc13)C=CC=CC2. The number of nitrogens with zero attached hydrogens (tertiary/aromatic N) is 2. The first-order valence-corrected chi connectivity index (χ1v) is 6.36. The van der Waals surface area contributed by atoms with Gasteiger partial charge in [0.15, 0.2) is 0 Å². The molecule has 2 heterocycles. The lowest BCUT2D eigenvalue weighted by Crippen LogP contribution is -2.12. The Bertz CT molecular complexity index is 630. The quantitative estimate of drug-likeness (QED) is 0.779. The molecule has 0 radical (unpaired) electrons. The van der Waals surface area contributed by atoms with Gasteiger partial charge >= 0.3 is 0 Å². The van der Waals surface area contributed by atoms with Gasteiger partial charge in [-0.1, -0.05) is 30.4 Å². The van der Waals surface area contributed by atoms with Crippen LogP contribution >= 0.6 is 0 Å². The second kappa shape index (κ2) is 4.46. The van der Waals surface area contributed by atoms with Crippen LogP contribution in [0.4, 0.5) is 0 Å². The van der Waals surface area contributed by atoms with Gasteiger partial charge in [-0.3, -0.25) is 0 Å². The summed E-state index contributed by atoms with van der Waals surface area (Å²) in [6, 6.07) is 8.67. The largest absolute Gasteiger partial charge is 0.320 e. The molecule has 1 aliphatic rings. The van der Waals surface area contributed by atoms with Crippen LogP contribution in [-0.4, -0.2) is 23.6 Å². The van der Waals surface area contributed by atoms with Crippen LogP contribution in [0.1, 0.15) is 11.3 Å². The van der Waals surface area contributed by atoms with E-state index in [0.717, 1.165) is 13.0 Å². The number of hydrogen-bond donors (Lipinski definition) is 0. The monoisotopic (exact) mass is 238 g/mol. The standard InChI is InChI=1S/C16H18N2/c1-17(2)12-14-13-8-5-6-10-15(13)18-11-7-3-4-9-16(14)18/h3-8,10-11H,9,12H2,1-2H3. The summed E-state index contributed by atoms with van der Waals surface area (Å²) in [6.45, 7) is 0.991. The number of para-hydroxylation sites is 1. The lowest BCUT2D eigenvalue weighted by atomic mass is 10.1. The minimum absolute atomic E-state index is 0.991. The van der Waals surface area contributed by atoms with Crippen molar-refractivity contribution in [2.75, 3.05) is 14.1 Å². The molecule has 1 aromatic carbocycles. The molecule has 92 valence electrons. The Hall–Kier alpha value is -1.80. The summed E-state index contributed by atoms with van der Waals surface area (Å²) >= 11 is 0. The Labute approximate surface area is 108 Å². The van der Waals surface area contributed by atoms with Gasteiger partial charge in [-0.2, -0.15) is 0 Å². The molecule has 0 bridgehead atoms. The second-order valence-electron chi connectivity index (χ2n) is 5.02. The molecule has 0 N–H and O–H groups in total. The molecular formula is C16H18N2. The van der Waals surface area contributed by atoms with E-state index in [1.165, 1.54) is 22.2 Å². The number of hydrogen-bond acceptors (Lipinski definition) is 1. The van der Waals surface area contributed by atoms with E-state index >= 15 is 0 Å². The molecule has 0 fully saturated rings. The van der Waals surface area contributed by atoms with Crippen LogP contribution < -0.4 is 0 Å². The first kappa shape index (κ1) is 11.3. The van der Waals surface area contributed by atoms with Gasteiger partial charge in [0, 0.05) is 30.2 Å². The van der Waals surface area contributed by atoms with Gasteiger partial charge in [-0.05, 0) is 31.8 Å². The maximum Gasteiger partial charge on any atom is 0.0528 e. The molecule has 0 saturated carbocycles. The second-order valence-corrected chi connectivity index (χ2v) is 5.02. The molecule has 0 saturated heterocycles. The molecule has 2 aromatic rings. The zero-order valence-electron chi connectivity index (χ0n) is 10.9. The Balaban J connectivity index is 2.29. The van der Waals surface area contributed by atoms with Gasteiger partial charge in [0.1, 0.15) is 0 Å². The zero-order chi connectivity index (χ0) is 12.5. The lowest BCUT2D eigenvalue weighted by Gasteiger charge is -2.11. The number of rotatable bonds is 2. The van der Waals surface area contributed by atoms with Crippen molar-refractivity contribution in [3.63, 3.8) is 0 Å². The van der Waals surface area contributed by atoms with Crippen LogP contribution in [0.3, 0.4) is 0 Å². The smallest absolute Gasteiger partial charge is 0.0528 e. The highest BCUT2D eigenvalue weighted by molar-refractivity contribution is 5.87. The normalized spacial score (nSPS) is 14.2. The summed E-state index contributed by atoms with van der Waals surface area (Å²) < 4.78 is 2.33. The Morgan fingerprint density at radius 3 is 2.83 bits per heavy atom. The first-order chi connectivity index (χ1) is 8.77. The van der Waals surface area contributed by atoms with Crippen molar-refractivity contribution >= 4 is 17.1 Å². The van der Waals surface area contributed by atoms with Gasteiger partial charge in [0.25, 0.3) is 0 Å². The number of allylic oxidation sites excluding steroid dienone is 3. The van der Waals surface area contributed by atoms with Crippen molar-refractivity contribution in [1.82, 2.24) is 9.47 Å². The van der Waals surface area contributed by atoms with E-state index in [9.17, 15) is 0 Å². The van der Waals surface area contributed by atoms with Crippen LogP contribution in [0.2, 0.25) is 0 Å². The van der Waals surface area contributed by atoms with Crippen molar-refractivity contribution in [2.24, 2.45) is 0 Å². The summed E-state index contributed by atoms with van der Waals surface area (Å²) in [5.74, 6) is 0. The van der Waals surface area contributed by atoms with E-state index in [4.69, 9.17) is 0 Å². The highest BCUT2D eigenvalue weighted by Gasteiger charge is 2.15. The molecule has 1 aliphatic heterocycles. The van der Waals surface area contributed by atoms with Crippen LogP contribution in [-0.2, 0) is 13.0 Å². The molecule has 0 amide bonds. The van der Waals surface area contributed by atoms with E-state index < -0.39 is 0 Å². The third kappa shape index (κ3) is 1.79. The molecule has 0 atom stereocenters. The predicted octanol–water partition coefficient (Wildman–Crippen LogP) is 3.29. The van der Waals surface area contributed by atoms with Crippen LogP contribution in [0.5, 0.6) is 0 Å². The summed E-state index contributed by atoms with van der Waals surface area (Å²) in [6.07, 6.45) is 9.64. The molecule has 3 rings (SSSR count). The topological polar surface area (TPSA) is 8.17 Å². The average Bonchev–Trinajstić information content (AvgIpc) is 2.55. The molecule has 1 aromatic heterocycles. The molecule has 0 spiro atoms. The fraction of sp³-hybridized carbons (Fsp3) is 0.250. The Morgan fingerprint density at radius 2 is 2.00 bits per heavy atom. The molecule has 18 heavy (non-hydrogen) atoms. The zero-order valence-corrected chi connectivity index (χ0v) is 10.9. The van der Waals surface area contributed by atoms with Crippen molar-refractivity contribution in [1.29, 1.82) is 0 Å². The maximum absolute atomic E-state index is 2.33. The van der Waals surface area contributed by atoms with Crippen LogP contribution in [0.15, 0.2) is 42.5 Å². The van der Waals surface area contributed by atoms with Crippen molar-refractivity contribution in [2.45, 2.75) is 13.0 Å². The van der Waals surface area contributed by atoms with Gasteiger partial charge in [0.05, 0.1) is 5.52 Å². The minimum Gasteiger partial charge on any atom is -0.320 e. The summed E-state index contributed by atoms with van der Waals surface area (Å²) in [7, 11) is 4.25. The fourth-order valence-corrected chi connectivity index (χ4v) is 2.66. The minimum atomic E-state index is 0.991. The van der Waals surface area contributed by atoms with Crippen molar-refractivity contribution in [3.8, 4) is 0 Å². The van der Waals surface area contributed by atoms with Crippen molar-refractivity contribution < 1.29 is 0 Å². The molecule has 2 heteroatoms. The van der Waals surface area contributed by atoms with Gasteiger partial charge < -0.3 is 9.47 Å². The van der Waals surface area contributed by atoms with E-state index in [0.29, 0.717) is 0 Å². The first-order valence-electron chi connectivity index (χ1n) is 6.36. The fourth-order valence-electron chi connectivity index (χ4n) is 2.66. The average molecular weight is 238 g/mol. The van der Waals surface area contributed by atoms with E-state index in [1.807, 2.05) is 0 Å². The highest BCUT2D eigenvalue weighted by Crippen LogP contribution is 2.29. The number of benzene rings is 1. The Kier molecular flexibility index (Phi) is 2.80. The Morgan fingerprint density at radius 1 is 1.17 bits per heavy atom.